The Hall–Kier alpha value is -2.13. The molecule has 2 aromatic rings. The second-order valence-corrected chi connectivity index (χ2v) is 5.05. The minimum atomic E-state index is 0.0295. The number of carbonyl (C=O) groups is 1. The predicted molar refractivity (Wildman–Crippen MR) is 85.7 cm³/mol. The number of nitrogens with one attached hydrogen (secondary N) is 1. The fraction of sp³-hybridized carbons (Fsp3) is 0.278. The van der Waals surface area contributed by atoms with Crippen LogP contribution >= 0.6 is 0 Å². The Morgan fingerprint density at radius 2 is 1.52 bits per heavy atom. The lowest BCUT2D eigenvalue weighted by Crippen LogP contribution is -2.25. The van der Waals surface area contributed by atoms with E-state index in [-0.39, 0.29) is 5.91 Å². The van der Waals surface area contributed by atoms with E-state index in [4.69, 9.17) is 5.73 Å². The van der Waals surface area contributed by atoms with Crippen molar-refractivity contribution < 1.29 is 4.79 Å². The van der Waals surface area contributed by atoms with Crippen LogP contribution in [0.4, 0.5) is 0 Å². The van der Waals surface area contributed by atoms with E-state index in [0.717, 1.165) is 17.5 Å². The fourth-order valence-corrected chi connectivity index (χ4v) is 2.43. The van der Waals surface area contributed by atoms with Crippen LogP contribution < -0.4 is 11.1 Å². The highest BCUT2D eigenvalue weighted by Gasteiger charge is 2.07. The lowest BCUT2D eigenvalue weighted by molar-refractivity contribution is -0.120. The average molecular weight is 282 g/mol. The molecule has 0 aliphatic carbocycles. The molecule has 0 heterocycles. The standard InChI is InChI=1S/C18H22N2O/c1-2-14-7-3-6-10-17(14)13-20-18(21)11-15-8-4-5-9-16(15)12-19/h3-10H,2,11-13,19H2,1H3,(H,20,21). The quantitative estimate of drug-likeness (QED) is 0.855. The highest BCUT2D eigenvalue weighted by molar-refractivity contribution is 5.78. The van der Waals surface area contributed by atoms with Gasteiger partial charge in [-0.25, -0.2) is 0 Å². The molecule has 0 saturated heterocycles. The lowest BCUT2D eigenvalue weighted by Gasteiger charge is -2.11. The summed E-state index contributed by atoms with van der Waals surface area (Å²) in [5, 5.41) is 2.99. The maximum absolute atomic E-state index is 12.1. The summed E-state index contributed by atoms with van der Waals surface area (Å²) in [6.45, 7) is 3.16. The molecular weight excluding hydrogens is 260 g/mol. The Morgan fingerprint density at radius 3 is 2.14 bits per heavy atom. The van der Waals surface area contributed by atoms with Gasteiger partial charge in [-0.2, -0.15) is 0 Å². The van der Waals surface area contributed by atoms with Gasteiger partial charge in [-0.1, -0.05) is 55.5 Å². The van der Waals surface area contributed by atoms with E-state index in [2.05, 4.69) is 24.4 Å². The molecule has 0 bridgehead atoms. The minimum Gasteiger partial charge on any atom is -0.352 e. The van der Waals surface area contributed by atoms with E-state index in [1.165, 1.54) is 11.1 Å². The van der Waals surface area contributed by atoms with Crippen LogP contribution in [0.25, 0.3) is 0 Å². The Bertz CT molecular complexity index is 608. The van der Waals surface area contributed by atoms with Crippen molar-refractivity contribution in [3.05, 3.63) is 70.8 Å². The molecule has 3 heteroatoms. The molecule has 0 atom stereocenters. The van der Waals surface area contributed by atoms with Gasteiger partial charge in [0.2, 0.25) is 5.91 Å². The van der Waals surface area contributed by atoms with Crippen molar-refractivity contribution in [3.63, 3.8) is 0 Å². The third kappa shape index (κ3) is 4.17. The number of hydrogen-bond donors (Lipinski definition) is 2. The summed E-state index contributed by atoms with van der Waals surface area (Å²) < 4.78 is 0. The van der Waals surface area contributed by atoms with Crippen molar-refractivity contribution in [2.24, 2.45) is 5.73 Å². The molecule has 0 aliphatic rings. The number of hydrogen-bond acceptors (Lipinski definition) is 2. The molecule has 110 valence electrons. The number of nitrogens with two attached hydrogens (primary N) is 1. The van der Waals surface area contributed by atoms with Gasteiger partial charge in [0.05, 0.1) is 6.42 Å². The molecule has 3 N–H and O–H groups in total. The predicted octanol–water partition coefficient (Wildman–Crippen LogP) is 2.57. The van der Waals surface area contributed by atoms with Crippen LogP contribution in [0, 0.1) is 0 Å². The van der Waals surface area contributed by atoms with E-state index < -0.39 is 0 Å². The summed E-state index contributed by atoms with van der Waals surface area (Å²) in [5.41, 5.74) is 10.2. The number of benzene rings is 2. The molecule has 0 saturated carbocycles. The van der Waals surface area contributed by atoms with E-state index >= 15 is 0 Å². The maximum Gasteiger partial charge on any atom is 0.224 e. The first-order chi connectivity index (χ1) is 10.2. The van der Waals surface area contributed by atoms with E-state index in [9.17, 15) is 4.79 Å². The van der Waals surface area contributed by atoms with Crippen LogP contribution in [0.3, 0.4) is 0 Å². The third-order valence-electron chi connectivity index (χ3n) is 3.66. The summed E-state index contributed by atoms with van der Waals surface area (Å²) in [6, 6.07) is 16.0. The highest BCUT2D eigenvalue weighted by atomic mass is 16.1. The van der Waals surface area contributed by atoms with Crippen molar-refractivity contribution >= 4 is 5.91 Å². The summed E-state index contributed by atoms with van der Waals surface area (Å²) in [7, 11) is 0. The van der Waals surface area contributed by atoms with Gasteiger partial charge in [0, 0.05) is 13.1 Å². The third-order valence-corrected chi connectivity index (χ3v) is 3.66. The number of carbonyl (C=O) groups excluding carboxylic acids is 1. The molecule has 0 unspecified atom stereocenters. The average Bonchev–Trinajstić information content (AvgIpc) is 2.53. The molecule has 0 aromatic heterocycles. The smallest absolute Gasteiger partial charge is 0.224 e. The Morgan fingerprint density at radius 1 is 0.952 bits per heavy atom. The first kappa shape index (κ1) is 15.3. The van der Waals surface area contributed by atoms with Crippen molar-refractivity contribution in [1.29, 1.82) is 0 Å². The zero-order valence-corrected chi connectivity index (χ0v) is 12.4. The number of amides is 1. The lowest BCUT2D eigenvalue weighted by atomic mass is 10.0. The SMILES string of the molecule is CCc1ccccc1CNC(=O)Cc1ccccc1CN. The van der Waals surface area contributed by atoms with Crippen molar-refractivity contribution in [3.8, 4) is 0 Å². The Labute approximate surface area is 126 Å². The van der Waals surface area contributed by atoms with Crippen LogP contribution in [0.15, 0.2) is 48.5 Å². The van der Waals surface area contributed by atoms with E-state index in [0.29, 0.717) is 19.5 Å². The monoisotopic (exact) mass is 282 g/mol. The zero-order chi connectivity index (χ0) is 15.1. The molecule has 0 spiro atoms. The number of rotatable bonds is 6. The number of aryl methyl sites for hydroxylation is 1. The second-order valence-electron chi connectivity index (χ2n) is 5.05. The Kier molecular flexibility index (Phi) is 5.52. The largest absolute Gasteiger partial charge is 0.352 e. The highest BCUT2D eigenvalue weighted by Crippen LogP contribution is 2.11. The van der Waals surface area contributed by atoms with Gasteiger partial charge in [0.1, 0.15) is 0 Å². The minimum absolute atomic E-state index is 0.0295. The van der Waals surface area contributed by atoms with Gasteiger partial charge in [0.15, 0.2) is 0 Å². The van der Waals surface area contributed by atoms with Gasteiger partial charge in [-0.05, 0) is 28.7 Å². The van der Waals surface area contributed by atoms with Crippen LogP contribution in [-0.2, 0) is 30.7 Å². The summed E-state index contributed by atoms with van der Waals surface area (Å²) in [6.07, 6.45) is 1.35. The first-order valence-electron chi connectivity index (χ1n) is 7.35. The molecule has 0 fully saturated rings. The molecular formula is C18H22N2O. The van der Waals surface area contributed by atoms with Crippen LogP contribution in [-0.4, -0.2) is 5.91 Å². The van der Waals surface area contributed by atoms with Gasteiger partial charge in [0.25, 0.3) is 0 Å². The van der Waals surface area contributed by atoms with Crippen LogP contribution in [0.1, 0.15) is 29.2 Å². The zero-order valence-electron chi connectivity index (χ0n) is 12.4. The first-order valence-corrected chi connectivity index (χ1v) is 7.35. The fourth-order valence-electron chi connectivity index (χ4n) is 2.43. The van der Waals surface area contributed by atoms with Gasteiger partial charge < -0.3 is 11.1 Å². The Balaban J connectivity index is 1.96. The van der Waals surface area contributed by atoms with Crippen molar-refractivity contribution in [2.45, 2.75) is 32.9 Å². The van der Waals surface area contributed by atoms with Gasteiger partial charge in [-0.3, -0.25) is 4.79 Å². The summed E-state index contributed by atoms with van der Waals surface area (Å²) >= 11 is 0. The molecule has 1 amide bonds. The molecule has 2 rings (SSSR count). The van der Waals surface area contributed by atoms with E-state index in [1.807, 2.05) is 36.4 Å². The summed E-state index contributed by atoms with van der Waals surface area (Å²) in [5.74, 6) is 0.0295. The maximum atomic E-state index is 12.1. The molecule has 0 aliphatic heterocycles. The normalized spacial score (nSPS) is 10.4. The molecule has 0 radical (unpaired) electrons. The van der Waals surface area contributed by atoms with Crippen molar-refractivity contribution in [2.75, 3.05) is 0 Å². The second kappa shape index (κ2) is 7.60. The summed E-state index contributed by atoms with van der Waals surface area (Å²) in [4.78, 5) is 12.1. The van der Waals surface area contributed by atoms with Gasteiger partial charge >= 0.3 is 0 Å². The van der Waals surface area contributed by atoms with Gasteiger partial charge in [-0.15, -0.1) is 0 Å². The van der Waals surface area contributed by atoms with E-state index in [1.54, 1.807) is 0 Å². The van der Waals surface area contributed by atoms with Crippen molar-refractivity contribution in [1.82, 2.24) is 5.32 Å². The van der Waals surface area contributed by atoms with Crippen LogP contribution in [0.5, 0.6) is 0 Å². The topological polar surface area (TPSA) is 55.1 Å². The van der Waals surface area contributed by atoms with Crippen LogP contribution in [0.2, 0.25) is 0 Å². The molecule has 2 aromatic carbocycles. The molecule has 3 nitrogen and oxygen atoms in total. The molecule has 21 heavy (non-hydrogen) atoms.